The Hall–Kier alpha value is -1.26. The highest BCUT2D eigenvalue weighted by Gasteiger charge is 2.44. The van der Waals surface area contributed by atoms with Crippen molar-refractivity contribution in [1.82, 2.24) is 0 Å². The maximum atomic E-state index is 11.7. The van der Waals surface area contributed by atoms with Gasteiger partial charge in [0.1, 0.15) is 18.1 Å². The van der Waals surface area contributed by atoms with Gasteiger partial charge in [0.05, 0.1) is 25.7 Å². The highest BCUT2D eigenvalue weighted by atomic mass is 32.3. The molecule has 0 aromatic heterocycles. The molecular formula is C50H97NO6SSi. The third kappa shape index (κ3) is 21.1. The number of ether oxygens (including phenoxy) is 4. The lowest BCUT2D eigenvalue weighted by Crippen LogP contribution is -2.47. The summed E-state index contributed by atoms with van der Waals surface area (Å²) in [6.07, 6.45) is 22.2. The summed E-state index contributed by atoms with van der Waals surface area (Å²) >= 11 is 0. The van der Waals surface area contributed by atoms with Crippen LogP contribution in [0.5, 0.6) is 11.5 Å². The fourth-order valence-electron chi connectivity index (χ4n) is 9.45. The highest BCUT2D eigenvalue weighted by Crippen LogP contribution is 2.60. The van der Waals surface area contributed by atoms with Crippen molar-refractivity contribution in [3.63, 3.8) is 0 Å². The average molecular weight is 868 g/mol. The molecule has 0 radical (unpaired) electrons. The predicted octanol–water partition coefficient (Wildman–Crippen LogP) is 14.7. The second-order valence-electron chi connectivity index (χ2n) is 18.9. The van der Waals surface area contributed by atoms with E-state index in [-0.39, 0.29) is 13.2 Å². The van der Waals surface area contributed by atoms with Crippen molar-refractivity contribution in [3.8, 4) is 11.5 Å². The van der Waals surface area contributed by atoms with Crippen molar-refractivity contribution in [3.05, 3.63) is 23.8 Å². The molecule has 59 heavy (non-hydrogen) atoms. The number of esters is 1. The molecule has 0 amide bonds. The van der Waals surface area contributed by atoms with E-state index in [1.54, 1.807) is 0 Å². The van der Waals surface area contributed by atoms with Crippen LogP contribution in [-0.2, 0) is 25.3 Å². The third-order valence-corrected chi connectivity index (χ3v) is 24.8. The van der Waals surface area contributed by atoms with E-state index in [0.717, 1.165) is 55.5 Å². The average Bonchev–Trinajstić information content (AvgIpc) is 3.18. The summed E-state index contributed by atoms with van der Waals surface area (Å²) in [6.45, 7) is 31.8. The summed E-state index contributed by atoms with van der Waals surface area (Å²) in [5, 5.41) is 2.12. The van der Waals surface area contributed by atoms with E-state index >= 15 is 0 Å². The summed E-state index contributed by atoms with van der Waals surface area (Å²) in [4.78, 5) is 11.7. The molecule has 0 heterocycles. The maximum absolute atomic E-state index is 11.7. The number of carbonyl (C=O) groups excluding carboxylic acids is 1. The van der Waals surface area contributed by atoms with Crippen LogP contribution in [-0.4, -0.2) is 68.9 Å². The molecule has 0 saturated heterocycles. The van der Waals surface area contributed by atoms with Crippen molar-refractivity contribution in [2.75, 3.05) is 38.9 Å². The Kier molecular flexibility index (Phi) is 30.6. The van der Waals surface area contributed by atoms with Crippen molar-refractivity contribution in [1.29, 1.82) is 0 Å². The lowest BCUT2D eigenvalue weighted by atomic mass is 10.1. The zero-order valence-electron chi connectivity index (χ0n) is 40.8. The summed E-state index contributed by atoms with van der Waals surface area (Å²) in [6, 6.07) is 5.85. The second kappa shape index (κ2) is 32.4. The van der Waals surface area contributed by atoms with E-state index in [1.165, 1.54) is 96.3 Å². The Morgan fingerprint density at radius 3 is 1.39 bits per heavy atom. The largest absolute Gasteiger partial charge is 0.493 e. The number of hydrogen-bond acceptors (Lipinski definition) is 7. The van der Waals surface area contributed by atoms with E-state index in [2.05, 4.69) is 83.1 Å². The lowest BCUT2D eigenvalue weighted by Gasteiger charge is -2.51. The minimum atomic E-state index is -1.73. The second-order valence-corrected chi connectivity index (χ2v) is 29.3. The smallest absolute Gasteiger partial charge is 0.320 e. The van der Waals surface area contributed by atoms with Crippen LogP contribution in [0.4, 0.5) is 0 Å². The van der Waals surface area contributed by atoms with Gasteiger partial charge >= 0.3 is 5.97 Å². The highest BCUT2D eigenvalue weighted by molar-refractivity contribution is 8.34. The van der Waals surface area contributed by atoms with Gasteiger partial charge in [-0.05, 0) is 70.2 Å². The van der Waals surface area contributed by atoms with Gasteiger partial charge in [0, 0.05) is 24.8 Å². The molecule has 0 atom stereocenters. The van der Waals surface area contributed by atoms with Gasteiger partial charge < -0.3 is 29.1 Å². The standard InChI is InChI=1S/C50H97NO6SSi/c1-41(2)58(42(3)4,43(5)6)40-53-33-27-23-19-15-13-16-20-24-28-34-54-48-32-31-47(39-56-50(52)38-51)49(37-48)55-35-29-25-21-17-14-18-22-26-30-36-57-59(44(7)8,45(9)10)46(11)12/h31-32,37,41-46H,13-30,33-36,38-40,51H2,1-12H3. The van der Waals surface area contributed by atoms with Crippen molar-refractivity contribution < 1.29 is 28.2 Å². The van der Waals surface area contributed by atoms with E-state index in [1.807, 2.05) is 18.2 Å². The molecule has 0 aliphatic heterocycles. The van der Waals surface area contributed by atoms with Gasteiger partial charge in [0.2, 0.25) is 0 Å². The fourth-order valence-corrected chi connectivity index (χ4v) is 19.4. The first-order chi connectivity index (χ1) is 28.2. The summed E-state index contributed by atoms with van der Waals surface area (Å²) < 4.78 is 30.7. The zero-order chi connectivity index (χ0) is 44.1. The fraction of sp³-hybridized carbons (Fsp3) is 0.860. The molecule has 0 fully saturated rings. The van der Waals surface area contributed by atoms with Crippen molar-refractivity contribution in [2.45, 2.75) is 238 Å². The third-order valence-electron chi connectivity index (χ3n) is 12.8. The molecule has 0 bridgehead atoms. The molecule has 7 nitrogen and oxygen atoms in total. The summed E-state index contributed by atoms with van der Waals surface area (Å²) in [7, 11) is -2.49. The minimum Gasteiger partial charge on any atom is -0.493 e. The summed E-state index contributed by atoms with van der Waals surface area (Å²) in [5.41, 5.74) is 8.27. The molecule has 0 aliphatic rings. The van der Waals surface area contributed by atoms with Gasteiger partial charge in [-0.15, -0.1) is 0 Å². The first-order valence-corrected chi connectivity index (χ1v) is 28.5. The Labute approximate surface area is 368 Å². The molecule has 9 heteroatoms. The monoisotopic (exact) mass is 868 g/mol. The Morgan fingerprint density at radius 2 is 0.966 bits per heavy atom. The molecule has 0 spiro atoms. The molecule has 0 aliphatic carbocycles. The number of unbranched alkanes of at least 4 members (excludes halogenated alkanes) is 16. The minimum absolute atomic E-state index is 0.130. The van der Waals surface area contributed by atoms with Crippen LogP contribution in [0.1, 0.15) is 204 Å². The van der Waals surface area contributed by atoms with Crippen LogP contribution < -0.4 is 15.2 Å². The molecule has 1 rings (SSSR count). The van der Waals surface area contributed by atoms with E-state index in [4.69, 9.17) is 29.1 Å². The van der Waals surface area contributed by atoms with Crippen LogP contribution in [0.25, 0.3) is 0 Å². The maximum Gasteiger partial charge on any atom is 0.320 e. The number of benzene rings is 1. The molecule has 0 unspecified atom stereocenters. The lowest BCUT2D eigenvalue weighted by molar-refractivity contribution is -0.143. The van der Waals surface area contributed by atoms with Gasteiger partial charge in [0.15, 0.2) is 8.32 Å². The normalized spacial score (nSPS) is 12.9. The van der Waals surface area contributed by atoms with Crippen LogP contribution in [0, 0.1) is 0 Å². The first-order valence-electron chi connectivity index (χ1n) is 24.4. The molecular weight excluding hydrogens is 771 g/mol. The van der Waals surface area contributed by atoms with Gasteiger partial charge in [-0.1, -0.05) is 173 Å². The number of rotatable bonds is 38. The van der Waals surface area contributed by atoms with Crippen LogP contribution >= 0.6 is 10.0 Å². The number of hydrogen-bond donors (Lipinski definition) is 1. The Morgan fingerprint density at radius 1 is 0.559 bits per heavy atom. The molecule has 348 valence electrons. The van der Waals surface area contributed by atoms with Crippen LogP contribution in [0.15, 0.2) is 18.2 Å². The topological polar surface area (TPSA) is 89.2 Å². The predicted molar refractivity (Wildman–Crippen MR) is 260 cm³/mol. The van der Waals surface area contributed by atoms with E-state index in [9.17, 15) is 4.79 Å². The van der Waals surface area contributed by atoms with Gasteiger partial charge in [0.25, 0.3) is 0 Å². The zero-order valence-corrected chi connectivity index (χ0v) is 42.6. The van der Waals surface area contributed by atoms with E-state index in [0.29, 0.717) is 45.6 Å². The van der Waals surface area contributed by atoms with Gasteiger partial charge in [-0.25, -0.2) is 10.0 Å². The van der Waals surface area contributed by atoms with Gasteiger partial charge in [-0.3, -0.25) is 4.79 Å². The Balaban J connectivity index is 2.26. The van der Waals surface area contributed by atoms with Gasteiger partial charge in [-0.2, -0.15) is 0 Å². The molecule has 1 aromatic rings. The molecule has 0 saturated carbocycles. The molecule has 2 N–H and O–H groups in total. The number of nitrogens with two attached hydrogens (primary N) is 1. The first kappa shape index (κ1) is 55.8. The van der Waals surface area contributed by atoms with Crippen molar-refractivity contribution in [2.24, 2.45) is 5.73 Å². The van der Waals surface area contributed by atoms with E-state index < -0.39 is 24.3 Å². The Bertz CT molecular complexity index is 1150. The van der Waals surface area contributed by atoms with Crippen molar-refractivity contribution >= 4 is 24.3 Å². The quantitative estimate of drug-likeness (QED) is 0.0402. The van der Waals surface area contributed by atoms with Crippen LogP contribution in [0.3, 0.4) is 0 Å². The number of carbonyl (C=O) groups is 1. The molecule has 1 aromatic carbocycles. The van der Waals surface area contributed by atoms with Crippen LogP contribution in [0.2, 0.25) is 16.6 Å². The SMILES string of the molecule is CC(C)[Si](OCCCCCCCCCCCOc1cc(OCCCCCCCCCCCOCS(C(C)C)(C(C)C)C(C)C)ccc1COC(=O)CN)(C(C)C)C(C)C. The summed E-state index contributed by atoms with van der Waals surface area (Å²) in [5.74, 6) is 2.08.